The van der Waals surface area contributed by atoms with Crippen LogP contribution < -0.4 is 14.9 Å². The highest BCUT2D eigenvalue weighted by molar-refractivity contribution is 7.91. The smallest absolute Gasteiger partial charge is 0.270 e. The summed E-state index contributed by atoms with van der Waals surface area (Å²) >= 11 is 0.831. The van der Waals surface area contributed by atoms with Gasteiger partial charge in [-0.3, -0.25) is 4.79 Å². The molecule has 29 heavy (non-hydrogen) atoms. The second-order valence-corrected chi connectivity index (χ2v) is 10.3. The van der Waals surface area contributed by atoms with Gasteiger partial charge in [0.15, 0.2) is 0 Å². The zero-order chi connectivity index (χ0) is 21.0. The second kappa shape index (κ2) is 9.19. The number of amides is 1. The number of nitrogens with zero attached hydrogens (tertiary/aromatic N) is 3. The highest BCUT2D eigenvalue weighted by Gasteiger charge is 2.24. The molecule has 0 spiro atoms. The van der Waals surface area contributed by atoms with Crippen molar-refractivity contribution in [1.82, 2.24) is 14.9 Å². The molecule has 1 aromatic heterocycles. The first-order valence-corrected chi connectivity index (χ1v) is 12.1. The summed E-state index contributed by atoms with van der Waals surface area (Å²) in [5, 5.41) is 10.1. The van der Waals surface area contributed by atoms with Crippen molar-refractivity contribution in [1.29, 1.82) is 0 Å². The van der Waals surface area contributed by atoms with Crippen molar-refractivity contribution in [3.8, 4) is 0 Å². The first-order valence-electron chi connectivity index (χ1n) is 9.79. The number of nitrogens with one attached hydrogen (secondary N) is 2. The first-order chi connectivity index (χ1) is 13.8. The van der Waals surface area contributed by atoms with E-state index in [-0.39, 0.29) is 21.8 Å². The van der Waals surface area contributed by atoms with E-state index in [9.17, 15) is 13.2 Å². The Bertz CT molecular complexity index is 943. The van der Waals surface area contributed by atoms with Crippen LogP contribution in [0.25, 0.3) is 0 Å². The Morgan fingerprint density at radius 1 is 1.31 bits per heavy atom. The van der Waals surface area contributed by atoms with Crippen molar-refractivity contribution >= 4 is 38.1 Å². The van der Waals surface area contributed by atoms with Crippen LogP contribution in [0.15, 0.2) is 28.6 Å². The minimum absolute atomic E-state index is 0.171. The molecule has 10 heteroatoms. The molecule has 1 aliphatic heterocycles. The summed E-state index contributed by atoms with van der Waals surface area (Å²) in [6.45, 7) is 7.87. The number of rotatable bonds is 7. The highest BCUT2D eigenvalue weighted by atomic mass is 32.2. The predicted octanol–water partition coefficient (Wildman–Crippen LogP) is 3.16. The molecule has 1 amide bonds. The average molecular weight is 438 g/mol. The molecule has 2 unspecified atom stereocenters. The summed E-state index contributed by atoms with van der Waals surface area (Å²) in [6.07, 6.45) is 2.74. The molecule has 0 radical (unpaired) electrons. The van der Waals surface area contributed by atoms with Gasteiger partial charge in [0.05, 0.1) is 0 Å². The fourth-order valence-corrected chi connectivity index (χ4v) is 5.49. The zero-order valence-electron chi connectivity index (χ0n) is 16.9. The molecule has 1 fully saturated rings. The number of anilines is 2. The van der Waals surface area contributed by atoms with Crippen LogP contribution in [0, 0.1) is 5.92 Å². The molecule has 1 saturated heterocycles. The summed E-state index contributed by atoms with van der Waals surface area (Å²) in [5.41, 5.74) is 2.03. The Labute approximate surface area is 175 Å². The van der Waals surface area contributed by atoms with Crippen LogP contribution in [-0.2, 0) is 14.8 Å². The number of benzene rings is 1. The largest absolute Gasteiger partial charge is 0.371 e. The second-order valence-electron chi connectivity index (χ2n) is 7.40. The van der Waals surface area contributed by atoms with Crippen molar-refractivity contribution in [3.05, 3.63) is 29.8 Å². The number of hydrogen-bond acceptors (Lipinski definition) is 7. The number of sulfonamides is 1. The molecule has 2 aromatic rings. The van der Waals surface area contributed by atoms with E-state index in [0.29, 0.717) is 5.92 Å². The monoisotopic (exact) mass is 437 g/mol. The molecule has 0 aliphatic carbocycles. The van der Waals surface area contributed by atoms with E-state index in [4.69, 9.17) is 0 Å². The van der Waals surface area contributed by atoms with Crippen molar-refractivity contribution in [2.75, 3.05) is 23.3 Å². The third kappa shape index (κ3) is 5.52. The Hall–Kier alpha value is -2.04. The van der Waals surface area contributed by atoms with Crippen molar-refractivity contribution in [2.24, 2.45) is 5.92 Å². The molecule has 3 rings (SSSR count). The van der Waals surface area contributed by atoms with E-state index in [1.165, 1.54) is 12.8 Å². The molecule has 0 saturated carbocycles. The Balaban J connectivity index is 1.65. The van der Waals surface area contributed by atoms with Gasteiger partial charge in [-0.05, 0) is 43.4 Å². The Kier molecular flexibility index (Phi) is 6.86. The van der Waals surface area contributed by atoms with Gasteiger partial charge >= 0.3 is 0 Å². The van der Waals surface area contributed by atoms with E-state index in [1.54, 1.807) is 13.8 Å². The molecular weight excluding hydrogens is 410 g/mol. The van der Waals surface area contributed by atoms with E-state index in [0.717, 1.165) is 35.7 Å². The van der Waals surface area contributed by atoms with Crippen LogP contribution in [0.3, 0.4) is 0 Å². The van der Waals surface area contributed by atoms with E-state index < -0.39 is 16.1 Å². The molecule has 0 bridgehead atoms. The molecule has 2 N–H and O–H groups in total. The third-order valence-corrected chi connectivity index (χ3v) is 7.70. The lowest BCUT2D eigenvalue weighted by atomic mass is 9.99. The summed E-state index contributed by atoms with van der Waals surface area (Å²) in [6, 6.07) is 7.57. The fourth-order valence-electron chi connectivity index (χ4n) is 3.33. The average Bonchev–Trinajstić information content (AvgIpc) is 3.17. The third-order valence-electron chi connectivity index (χ3n) is 4.95. The van der Waals surface area contributed by atoms with Crippen LogP contribution in [-0.4, -0.2) is 37.6 Å². The van der Waals surface area contributed by atoms with Gasteiger partial charge < -0.3 is 10.2 Å². The normalized spacial score (nSPS) is 18.4. The maximum absolute atomic E-state index is 12.6. The first kappa shape index (κ1) is 21.7. The van der Waals surface area contributed by atoms with Crippen LogP contribution in [0.5, 0.6) is 0 Å². The van der Waals surface area contributed by atoms with Gasteiger partial charge in [-0.25, -0.2) is 13.1 Å². The minimum Gasteiger partial charge on any atom is -0.371 e. The van der Waals surface area contributed by atoms with Gasteiger partial charge in [-0.1, -0.05) is 37.3 Å². The van der Waals surface area contributed by atoms with Crippen molar-refractivity contribution in [2.45, 2.75) is 50.4 Å². The SMILES string of the molecule is CCC(=O)Nc1nnc(S(=O)(=O)NC(C)c2ccc(N3CCCC(C)C3)cc2)s1. The number of carbonyl (C=O) groups excluding carboxylic acids is 1. The van der Waals surface area contributed by atoms with Gasteiger partial charge in [0.1, 0.15) is 0 Å². The molecular formula is C19H27N5O3S2. The molecule has 1 aromatic carbocycles. The van der Waals surface area contributed by atoms with Gasteiger partial charge in [0.2, 0.25) is 15.4 Å². The molecule has 158 valence electrons. The van der Waals surface area contributed by atoms with Crippen molar-refractivity contribution < 1.29 is 13.2 Å². The van der Waals surface area contributed by atoms with E-state index in [2.05, 4.69) is 32.1 Å². The number of carbonyl (C=O) groups is 1. The van der Waals surface area contributed by atoms with Crippen LogP contribution in [0.4, 0.5) is 10.8 Å². The molecule has 2 heterocycles. The van der Waals surface area contributed by atoms with Gasteiger partial charge in [-0.2, -0.15) is 0 Å². The topological polar surface area (TPSA) is 104 Å². The predicted molar refractivity (Wildman–Crippen MR) is 115 cm³/mol. The summed E-state index contributed by atoms with van der Waals surface area (Å²) in [4.78, 5) is 13.8. The lowest BCUT2D eigenvalue weighted by molar-refractivity contribution is -0.115. The fraction of sp³-hybridized carbons (Fsp3) is 0.526. The van der Waals surface area contributed by atoms with Gasteiger partial charge in [0.25, 0.3) is 10.0 Å². The Morgan fingerprint density at radius 2 is 2.03 bits per heavy atom. The van der Waals surface area contributed by atoms with E-state index >= 15 is 0 Å². The number of piperidine rings is 1. The summed E-state index contributed by atoms with van der Waals surface area (Å²) in [5.74, 6) is 0.447. The minimum atomic E-state index is -3.83. The summed E-state index contributed by atoms with van der Waals surface area (Å²) in [7, 11) is -3.83. The van der Waals surface area contributed by atoms with Crippen LogP contribution >= 0.6 is 11.3 Å². The molecule has 2 atom stereocenters. The molecule has 1 aliphatic rings. The van der Waals surface area contributed by atoms with Crippen LogP contribution in [0.2, 0.25) is 0 Å². The maximum atomic E-state index is 12.6. The quantitative estimate of drug-likeness (QED) is 0.645. The summed E-state index contributed by atoms with van der Waals surface area (Å²) < 4.78 is 27.7. The number of aromatic nitrogens is 2. The zero-order valence-corrected chi connectivity index (χ0v) is 18.5. The van der Waals surface area contributed by atoms with Crippen LogP contribution in [0.1, 0.15) is 51.6 Å². The lowest BCUT2D eigenvalue weighted by Crippen LogP contribution is -2.34. The number of hydrogen-bond donors (Lipinski definition) is 2. The van der Waals surface area contributed by atoms with Gasteiger partial charge in [-0.15, -0.1) is 10.2 Å². The Morgan fingerprint density at radius 3 is 2.69 bits per heavy atom. The highest BCUT2D eigenvalue weighted by Crippen LogP contribution is 2.26. The van der Waals surface area contributed by atoms with Gasteiger partial charge in [0, 0.05) is 31.2 Å². The standard InChI is InChI=1S/C19H27N5O3S2/c1-4-17(25)20-18-21-22-19(28-18)29(26,27)23-14(3)15-7-9-16(10-8-15)24-11-5-6-13(2)12-24/h7-10,13-14,23H,4-6,11-12H2,1-3H3,(H,20,21,25). The van der Waals surface area contributed by atoms with Crippen molar-refractivity contribution in [3.63, 3.8) is 0 Å². The lowest BCUT2D eigenvalue weighted by Gasteiger charge is -2.33. The molecule has 8 nitrogen and oxygen atoms in total. The maximum Gasteiger partial charge on any atom is 0.270 e. The van der Waals surface area contributed by atoms with E-state index in [1.807, 2.05) is 24.3 Å².